The summed E-state index contributed by atoms with van der Waals surface area (Å²) in [5.74, 6) is -0.492. The zero-order valence-corrected chi connectivity index (χ0v) is 11.6. The van der Waals surface area contributed by atoms with Crippen molar-refractivity contribution in [3.63, 3.8) is 0 Å². The van der Waals surface area contributed by atoms with Crippen LogP contribution in [0.2, 0.25) is 0 Å². The van der Waals surface area contributed by atoms with Crippen LogP contribution in [0.3, 0.4) is 0 Å². The topological polar surface area (TPSA) is 71.2 Å². The van der Waals surface area contributed by atoms with E-state index in [0.29, 0.717) is 11.1 Å². The number of nitrogens with two attached hydrogens (primary N) is 1. The molecule has 3 N–H and O–H groups in total. The van der Waals surface area contributed by atoms with Crippen molar-refractivity contribution in [1.29, 1.82) is 0 Å². The normalized spacial score (nSPS) is 19.1. The average molecular weight is 262 g/mol. The monoisotopic (exact) mass is 262 g/mol. The Morgan fingerprint density at radius 1 is 1.53 bits per heavy atom. The maximum Gasteiger partial charge on any atom is 0.267 e. The second kappa shape index (κ2) is 5.57. The van der Waals surface area contributed by atoms with Gasteiger partial charge in [-0.1, -0.05) is 6.92 Å². The van der Waals surface area contributed by atoms with E-state index in [-0.39, 0.29) is 0 Å². The molecule has 0 spiro atoms. The van der Waals surface area contributed by atoms with Gasteiger partial charge in [0.15, 0.2) is 0 Å². The standard InChI is InChI=1S/C14H22N4O/c1-14(4-7-18(2)8-5-14)10-17-11-3-6-16-12(9-11)13(15)19/h3,6,9H,4-5,7-8,10H2,1-2H3,(H2,15,19)(H,16,17). The van der Waals surface area contributed by atoms with Crippen molar-refractivity contribution >= 4 is 11.6 Å². The van der Waals surface area contributed by atoms with Crippen LogP contribution < -0.4 is 11.1 Å². The molecule has 1 fully saturated rings. The number of pyridine rings is 1. The Morgan fingerprint density at radius 3 is 2.84 bits per heavy atom. The SMILES string of the molecule is CN1CCC(C)(CNc2ccnc(C(N)=O)c2)CC1. The van der Waals surface area contributed by atoms with Gasteiger partial charge in [0.25, 0.3) is 5.91 Å². The van der Waals surface area contributed by atoms with E-state index in [2.05, 4.69) is 29.2 Å². The predicted molar refractivity (Wildman–Crippen MR) is 76.1 cm³/mol. The number of aromatic nitrogens is 1. The summed E-state index contributed by atoms with van der Waals surface area (Å²) in [5, 5.41) is 3.40. The molecule has 0 aromatic carbocycles. The summed E-state index contributed by atoms with van der Waals surface area (Å²) in [5.41, 5.74) is 6.75. The molecule has 0 aliphatic carbocycles. The zero-order valence-electron chi connectivity index (χ0n) is 11.6. The minimum absolute atomic E-state index is 0.304. The Bertz CT molecular complexity index is 453. The van der Waals surface area contributed by atoms with Crippen LogP contribution in [-0.4, -0.2) is 42.5 Å². The van der Waals surface area contributed by atoms with E-state index in [1.165, 1.54) is 12.8 Å². The maximum atomic E-state index is 11.1. The fourth-order valence-electron chi connectivity index (χ4n) is 2.33. The maximum absolute atomic E-state index is 11.1. The summed E-state index contributed by atoms with van der Waals surface area (Å²) >= 11 is 0. The van der Waals surface area contributed by atoms with Crippen molar-refractivity contribution in [2.45, 2.75) is 19.8 Å². The molecule has 1 aliphatic heterocycles. The third-order valence-corrected chi connectivity index (χ3v) is 3.93. The largest absolute Gasteiger partial charge is 0.384 e. The second-order valence-corrected chi connectivity index (χ2v) is 5.76. The summed E-state index contributed by atoms with van der Waals surface area (Å²) < 4.78 is 0. The number of carbonyl (C=O) groups is 1. The van der Waals surface area contributed by atoms with Crippen LogP contribution in [0.25, 0.3) is 0 Å². The second-order valence-electron chi connectivity index (χ2n) is 5.76. The van der Waals surface area contributed by atoms with Crippen molar-refractivity contribution in [1.82, 2.24) is 9.88 Å². The van der Waals surface area contributed by atoms with Crippen LogP contribution in [0.4, 0.5) is 5.69 Å². The Kier molecular flexibility index (Phi) is 4.04. The lowest BCUT2D eigenvalue weighted by molar-refractivity contribution is 0.0995. The fourth-order valence-corrected chi connectivity index (χ4v) is 2.33. The van der Waals surface area contributed by atoms with E-state index in [1.807, 2.05) is 6.07 Å². The van der Waals surface area contributed by atoms with Crippen molar-refractivity contribution in [3.05, 3.63) is 24.0 Å². The number of hydrogen-bond donors (Lipinski definition) is 2. The lowest BCUT2D eigenvalue weighted by Gasteiger charge is -2.38. The van der Waals surface area contributed by atoms with Crippen LogP contribution in [0, 0.1) is 5.41 Å². The Morgan fingerprint density at radius 2 is 2.21 bits per heavy atom. The number of anilines is 1. The van der Waals surface area contributed by atoms with E-state index >= 15 is 0 Å². The molecular formula is C14H22N4O. The number of carbonyl (C=O) groups excluding carboxylic acids is 1. The third kappa shape index (κ3) is 3.67. The molecule has 0 saturated carbocycles. The minimum atomic E-state index is -0.492. The smallest absolute Gasteiger partial charge is 0.267 e. The minimum Gasteiger partial charge on any atom is -0.384 e. The van der Waals surface area contributed by atoms with Crippen LogP contribution in [0.5, 0.6) is 0 Å². The first-order valence-corrected chi connectivity index (χ1v) is 6.67. The summed E-state index contributed by atoms with van der Waals surface area (Å²) in [7, 11) is 2.16. The van der Waals surface area contributed by atoms with Crippen LogP contribution in [0.15, 0.2) is 18.3 Å². The summed E-state index contributed by atoms with van der Waals surface area (Å²) in [4.78, 5) is 17.4. The third-order valence-electron chi connectivity index (χ3n) is 3.93. The van der Waals surface area contributed by atoms with Crippen molar-refractivity contribution in [3.8, 4) is 0 Å². The number of nitrogens with zero attached hydrogens (tertiary/aromatic N) is 2. The molecule has 5 nitrogen and oxygen atoms in total. The number of primary amides is 1. The van der Waals surface area contributed by atoms with E-state index in [9.17, 15) is 4.79 Å². The molecular weight excluding hydrogens is 240 g/mol. The molecule has 1 aromatic rings. The van der Waals surface area contributed by atoms with Crippen LogP contribution >= 0.6 is 0 Å². The molecule has 5 heteroatoms. The van der Waals surface area contributed by atoms with Gasteiger partial charge in [-0.15, -0.1) is 0 Å². The van der Waals surface area contributed by atoms with Crippen molar-refractivity contribution in [2.24, 2.45) is 11.1 Å². The molecule has 0 unspecified atom stereocenters. The van der Waals surface area contributed by atoms with Gasteiger partial charge in [0.1, 0.15) is 5.69 Å². The van der Waals surface area contributed by atoms with Gasteiger partial charge in [-0.05, 0) is 50.5 Å². The van der Waals surface area contributed by atoms with Gasteiger partial charge in [-0.25, -0.2) is 0 Å². The number of piperidine rings is 1. The zero-order chi connectivity index (χ0) is 13.9. The van der Waals surface area contributed by atoms with Gasteiger partial charge in [-0.2, -0.15) is 0 Å². The highest BCUT2D eigenvalue weighted by Crippen LogP contribution is 2.30. The Balaban J connectivity index is 1.95. The van der Waals surface area contributed by atoms with Crippen molar-refractivity contribution in [2.75, 3.05) is 32.0 Å². The highest BCUT2D eigenvalue weighted by Gasteiger charge is 2.28. The molecule has 104 valence electrons. The van der Waals surface area contributed by atoms with Crippen molar-refractivity contribution < 1.29 is 4.79 Å². The van der Waals surface area contributed by atoms with Crippen LogP contribution in [-0.2, 0) is 0 Å². The Labute approximate surface area is 114 Å². The number of nitrogens with one attached hydrogen (secondary N) is 1. The van der Waals surface area contributed by atoms with E-state index < -0.39 is 5.91 Å². The number of amides is 1. The lowest BCUT2D eigenvalue weighted by Crippen LogP contribution is -2.40. The summed E-state index contributed by atoms with van der Waals surface area (Å²) in [6, 6.07) is 3.57. The van der Waals surface area contributed by atoms with Gasteiger partial charge in [0.2, 0.25) is 0 Å². The van der Waals surface area contributed by atoms with E-state index in [0.717, 1.165) is 25.3 Å². The lowest BCUT2D eigenvalue weighted by atomic mass is 9.80. The summed E-state index contributed by atoms with van der Waals surface area (Å²) in [6.07, 6.45) is 3.98. The van der Waals surface area contributed by atoms with E-state index in [1.54, 1.807) is 12.3 Å². The number of hydrogen-bond acceptors (Lipinski definition) is 4. The Hall–Kier alpha value is -1.62. The predicted octanol–water partition coefficient (Wildman–Crippen LogP) is 1.32. The first kappa shape index (κ1) is 13.8. The number of likely N-dealkylation sites (tertiary alicyclic amines) is 1. The first-order chi connectivity index (χ1) is 8.98. The highest BCUT2D eigenvalue weighted by atomic mass is 16.1. The molecule has 2 heterocycles. The number of rotatable bonds is 4. The van der Waals surface area contributed by atoms with Gasteiger partial charge in [0.05, 0.1) is 0 Å². The van der Waals surface area contributed by atoms with Gasteiger partial charge in [0, 0.05) is 18.4 Å². The van der Waals surface area contributed by atoms with Gasteiger partial charge in [-0.3, -0.25) is 9.78 Å². The molecule has 19 heavy (non-hydrogen) atoms. The van der Waals surface area contributed by atoms with E-state index in [4.69, 9.17) is 5.73 Å². The first-order valence-electron chi connectivity index (χ1n) is 6.67. The quantitative estimate of drug-likeness (QED) is 0.858. The van der Waals surface area contributed by atoms with Gasteiger partial charge < -0.3 is 16.0 Å². The summed E-state index contributed by atoms with van der Waals surface area (Å²) in [6.45, 7) is 5.49. The molecule has 2 rings (SSSR count). The molecule has 0 bridgehead atoms. The highest BCUT2D eigenvalue weighted by molar-refractivity contribution is 5.91. The van der Waals surface area contributed by atoms with Crippen LogP contribution in [0.1, 0.15) is 30.3 Å². The molecule has 1 amide bonds. The fraction of sp³-hybridized carbons (Fsp3) is 0.571. The molecule has 1 aliphatic rings. The molecule has 1 saturated heterocycles. The molecule has 1 aromatic heterocycles. The average Bonchev–Trinajstić information content (AvgIpc) is 2.41. The van der Waals surface area contributed by atoms with Gasteiger partial charge >= 0.3 is 0 Å². The molecule has 0 radical (unpaired) electrons. The molecule has 0 atom stereocenters.